The predicted molar refractivity (Wildman–Crippen MR) is 102 cm³/mol. The minimum atomic E-state index is -0.620. The van der Waals surface area contributed by atoms with Crippen LogP contribution in [0.5, 0.6) is 11.5 Å². The fraction of sp³-hybridized carbons (Fsp3) is 0.600. The van der Waals surface area contributed by atoms with E-state index in [4.69, 9.17) is 14.2 Å². The Labute approximate surface area is 161 Å². The predicted octanol–water partition coefficient (Wildman–Crippen LogP) is 2.93. The first-order chi connectivity index (χ1) is 12.7. The van der Waals surface area contributed by atoms with Crippen molar-refractivity contribution in [3.8, 4) is 11.5 Å². The number of carbonyl (C=O) groups excluding carboxylic acids is 2. The second kappa shape index (κ2) is 8.97. The third kappa shape index (κ3) is 6.34. The van der Waals surface area contributed by atoms with E-state index >= 15 is 0 Å². The number of nitrogens with zero attached hydrogens (tertiary/aromatic N) is 2. The van der Waals surface area contributed by atoms with Gasteiger partial charge in [0.1, 0.15) is 17.1 Å². The Bertz CT molecular complexity index is 656. The van der Waals surface area contributed by atoms with Crippen LogP contribution in [0.25, 0.3) is 0 Å². The average molecular weight is 378 g/mol. The lowest BCUT2D eigenvalue weighted by Crippen LogP contribution is -2.43. The minimum absolute atomic E-state index is 0.0936. The molecule has 1 atom stereocenters. The van der Waals surface area contributed by atoms with Crippen molar-refractivity contribution in [1.82, 2.24) is 9.80 Å². The second-order valence-electron chi connectivity index (χ2n) is 7.59. The quantitative estimate of drug-likeness (QED) is 0.806. The molecule has 0 bridgehead atoms. The van der Waals surface area contributed by atoms with Gasteiger partial charge in [-0.1, -0.05) is 6.07 Å². The van der Waals surface area contributed by atoms with E-state index in [0.717, 1.165) is 0 Å². The van der Waals surface area contributed by atoms with E-state index < -0.39 is 11.7 Å². The van der Waals surface area contributed by atoms with E-state index in [1.165, 1.54) is 0 Å². The van der Waals surface area contributed by atoms with Crippen molar-refractivity contribution in [3.05, 3.63) is 24.3 Å². The van der Waals surface area contributed by atoms with Gasteiger partial charge in [0, 0.05) is 32.2 Å². The number of benzene rings is 1. The summed E-state index contributed by atoms with van der Waals surface area (Å²) in [7, 11) is 1.58. The van der Waals surface area contributed by atoms with E-state index in [1.807, 2.05) is 32.9 Å². The summed E-state index contributed by atoms with van der Waals surface area (Å²) in [6.45, 7) is 9.34. The van der Waals surface area contributed by atoms with Crippen LogP contribution in [0.3, 0.4) is 0 Å². The van der Waals surface area contributed by atoms with Gasteiger partial charge in [-0.25, -0.2) is 4.79 Å². The van der Waals surface area contributed by atoms with Crippen LogP contribution in [-0.4, -0.2) is 66.8 Å². The summed E-state index contributed by atoms with van der Waals surface area (Å²) in [5.74, 6) is 1.17. The lowest BCUT2D eigenvalue weighted by Gasteiger charge is -2.27. The Morgan fingerprint density at radius 1 is 1.04 bits per heavy atom. The van der Waals surface area contributed by atoms with Gasteiger partial charge in [-0.2, -0.15) is 0 Å². The number of hydrogen-bond acceptors (Lipinski definition) is 5. The van der Waals surface area contributed by atoms with Crippen molar-refractivity contribution >= 4 is 12.0 Å². The Balaban J connectivity index is 1.91. The first-order valence-electron chi connectivity index (χ1n) is 9.27. The lowest BCUT2D eigenvalue weighted by atomic mass is 10.2. The molecule has 0 N–H and O–H groups in total. The third-order valence-electron chi connectivity index (χ3n) is 4.16. The highest BCUT2D eigenvalue weighted by Gasteiger charge is 2.28. The molecule has 2 rings (SSSR count). The molecule has 27 heavy (non-hydrogen) atoms. The molecular weight excluding hydrogens is 348 g/mol. The molecule has 1 aromatic carbocycles. The van der Waals surface area contributed by atoms with Crippen LogP contribution in [0, 0.1) is 0 Å². The number of amides is 2. The van der Waals surface area contributed by atoms with Crippen molar-refractivity contribution in [2.75, 3.05) is 33.3 Å². The van der Waals surface area contributed by atoms with Gasteiger partial charge in [0.25, 0.3) is 5.91 Å². The number of ether oxygens (including phenoxy) is 3. The first-order valence-corrected chi connectivity index (χ1v) is 9.27. The topological polar surface area (TPSA) is 68.3 Å². The average Bonchev–Trinajstić information content (AvgIpc) is 2.86. The van der Waals surface area contributed by atoms with Crippen LogP contribution >= 0.6 is 0 Å². The molecule has 0 spiro atoms. The Morgan fingerprint density at radius 3 is 2.33 bits per heavy atom. The molecule has 0 radical (unpaired) electrons. The van der Waals surface area contributed by atoms with Crippen molar-refractivity contribution in [2.45, 2.75) is 45.8 Å². The normalized spacial score (nSPS) is 16.3. The summed E-state index contributed by atoms with van der Waals surface area (Å²) in [4.78, 5) is 28.4. The van der Waals surface area contributed by atoms with Gasteiger partial charge in [-0.05, 0) is 46.2 Å². The zero-order chi connectivity index (χ0) is 20.0. The SMILES string of the molecule is COc1cccc(OC(C)C(=O)N2CCCN(C(=O)OC(C)(C)C)CC2)c1. The largest absolute Gasteiger partial charge is 0.497 e. The van der Waals surface area contributed by atoms with Gasteiger partial charge >= 0.3 is 6.09 Å². The molecule has 1 heterocycles. The maximum Gasteiger partial charge on any atom is 0.410 e. The first kappa shape index (κ1) is 20.9. The second-order valence-corrected chi connectivity index (χ2v) is 7.59. The summed E-state index contributed by atoms with van der Waals surface area (Å²) < 4.78 is 16.4. The summed E-state index contributed by atoms with van der Waals surface area (Å²) >= 11 is 0. The highest BCUT2D eigenvalue weighted by atomic mass is 16.6. The van der Waals surface area contributed by atoms with Gasteiger partial charge in [-0.15, -0.1) is 0 Å². The smallest absolute Gasteiger partial charge is 0.410 e. The van der Waals surface area contributed by atoms with E-state index in [9.17, 15) is 9.59 Å². The van der Waals surface area contributed by atoms with Crippen LogP contribution < -0.4 is 9.47 Å². The van der Waals surface area contributed by atoms with Gasteiger partial charge in [0.05, 0.1) is 7.11 Å². The molecule has 0 aromatic heterocycles. The highest BCUT2D eigenvalue weighted by Crippen LogP contribution is 2.20. The molecule has 150 valence electrons. The van der Waals surface area contributed by atoms with Crippen molar-refractivity contribution in [2.24, 2.45) is 0 Å². The number of rotatable bonds is 4. The van der Waals surface area contributed by atoms with E-state index in [0.29, 0.717) is 44.1 Å². The van der Waals surface area contributed by atoms with E-state index in [1.54, 1.807) is 36.0 Å². The van der Waals surface area contributed by atoms with Gasteiger partial charge in [-0.3, -0.25) is 4.79 Å². The summed E-state index contributed by atoms with van der Waals surface area (Å²) in [6, 6.07) is 7.17. The monoisotopic (exact) mass is 378 g/mol. The van der Waals surface area contributed by atoms with Crippen molar-refractivity contribution in [1.29, 1.82) is 0 Å². The Morgan fingerprint density at radius 2 is 1.67 bits per heavy atom. The van der Waals surface area contributed by atoms with Crippen LogP contribution in [0.1, 0.15) is 34.1 Å². The molecule has 1 aliphatic rings. The number of carbonyl (C=O) groups is 2. The van der Waals surface area contributed by atoms with E-state index in [-0.39, 0.29) is 12.0 Å². The van der Waals surface area contributed by atoms with Crippen molar-refractivity contribution in [3.63, 3.8) is 0 Å². The van der Waals surface area contributed by atoms with Crippen molar-refractivity contribution < 1.29 is 23.8 Å². The molecule has 2 amide bonds. The molecule has 7 heteroatoms. The molecule has 1 aromatic rings. The molecular formula is C20H30N2O5. The molecule has 1 aliphatic heterocycles. The Kier molecular flexibility index (Phi) is 6.93. The maximum absolute atomic E-state index is 12.7. The number of methoxy groups -OCH3 is 1. The fourth-order valence-electron chi connectivity index (χ4n) is 2.83. The highest BCUT2D eigenvalue weighted by molar-refractivity contribution is 5.81. The van der Waals surface area contributed by atoms with Crippen LogP contribution in [-0.2, 0) is 9.53 Å². The van der Waals surface area contributed by atoms with Crippen LogP contribution in [0.2, 0.25) is 0 Å². The van der Waals surface area contributed by atoms with Gasteiger partial charge < -0.3 is 24.0 Å². The summed E-state index contributed by atoms with van der Waals surface area (Å²) in [5.41, 5.74) is -0.530. The van der Waals surface area contributed by atoms with Gasteiger partial charge in [0.2, 0.25) is 0 Å². The number of hydrogen-bond donors (Lipinski definition) is 0. The zero-order valence-corrected chi connectivity index (χ0v) is 16.9. The molecule has 1 fully saturated rings. The molecule has 1 unspecified atom stereocenters. The molecule has 0 saturated carbocycles. The fourth-order valence-corrected chi connectivity index (χ4v) is 2.83. The summed E-state index contributed by atoms with van der Waals surface area (Å²) in [6.07, 6.45) is -0.251. The molecule has 1 saturated heterocycles. The van der Waals surface area contributed by atoms with E-state index in [2.05, 4.69) is 0 Å². The molecule has 0 aliphatic carbocycles. The van der Waals surface area contributed by atoms with Crippen LogP contribution in [0.4, 0.5) is 4.79 Å². The standard InChI is InChI=1S/C20H30N2O5/c1-15(26-17-9-6-8-16(14-17)25-5)18(23)21-10-7-11-22(13-12-21)19(24)27-20(2,3)4/h6,8-9,14-15H,7,10-13H2,1-5H3. The minimum Gasteiger partial charge on any atom is -0.497 e. The lowest BCUT2D eigenvalue weighted by molar-refractivity contribution is -0.137. The Hall–Kier alpha value is -2.44. The third-order valence-corrected chi connectivity index (χ3v) is 4.16. The summed E-state index contributed by atoms with van der Waals surface area (Å²) in [5, 5.41) is 0. The maximum atomic E-state index is 12.7. The van der Waals surface area contributed by atoms with Crippen LogP contribution in [0.15, 0.2) is 24.3 Å². The molecule has 7 nitrogen and oxygen atoms in total. The zero-order valence-electron chi connectivity index (χ0n) is 16.9. The van der Waals surface area contributed by atoms with Gasteiger partial charge in [0.15, 0.2) is 6.10 Å².